The Morgan fingerprint density at radius 3 is 1.06 bits per heavy atom. The van der Waals surface area contributed by atoms with Gasteiger partial charge in [-0.05, 0) is 230 Å². The second-order valence-corrected chi connectivity index (χ2v) is 24.9. The molecule has 16 rings (SSSR count). The predicted molar refractivity (Wildman–Crippen MR) is 389 cm³/mol. The van der Waals surface area contributed by atoms with E-state index in [1.165, 1.54) is 94.6 Å². The van der Waals surface area contributed by atoms with Crippen molar-refractivity contribution in [2.24, 2.45) is 0 Å². The smallest absolute Gasteiger partial charge is 0.0727 e. The SMILES string of the molecule is Cc1cccc(N(c2ccccc2)c2ccc(-c3ccc(C(c4ccccc4)c4cccc(CCc5cccc(N(c6ccccc6)c6ccc7c(c6)C6(c8ccccc8-c8ccccc86)c6cc(N(c8ccccc8)c8cccc(C)c8)ccc6-7)c5)c4)cc3)cc2)c1. The maximum Gasteiger partial charge on any atom is 0.0727 e. The van der Waals surface area contributed by atoms with E-state index < -0.39 is 5.41 Å². The van der Waals surface area contributed by atoms with E-state index in [1.807, 2.05) is 0 Å². The van der Waals surface area contributed by atoms with Gasteiger partial charge in [-0.25, -0.2) is 0 Å². The van der Waals surface area contributed by atoms with Gasteiger partial charge in [0.2, 0.25) is 0 Å². The van der Waals surface area contributed by atoms with Crippen LogP contribution in [-0.4, -0.2) is 0 Å². The molecule has 3 nitrogen and oxygen atoms in total. The van der Waals surface area contributed by atoms with Gasteiger partial charge in [-0.15, -0.1) is 0 Å². The third kappa shape index (κ3) is 10.5. The lowest BCUT2D eigenvalue weighted by atomic mass is 9.70. The van der Waals surface area contributed by atoms with Crippen LogP contribution in [0.15, 0.2) is 352 Å². The number of aryl methyl sites for hydroxylation is 4. The number of rotatable bonds is 16. The van der Waals surface area contributed by atoms with E-state index in [2.05, 4.69) is 380 Å². The van der Waals surface area contributed by atoms with Crippen molar-refractivity contribution in [1.82, 2.24) is 0 Å². The first-order valence-electron chi connectivity index (χ1n) is 32.5. The van der Waals surface area contributed by atoms with Crippen LogP contribution in [0.5, 0.6) is 0 Å². The zero-order valence-corrected chi connectivity index (χ0v) is 52.3. The van der Waals surface area contributed by atoms with Gasteiger partial charge in [0.15, 0.2) is 0 Å². The van der Waals surface area contributed by atoms with Crippen LogP contribution in [0.1, 0.15) is 67.1 Å². The highest BCUT2D eigenvalue weighted by Crippen LogP contribution is 2.64. The zero-order chi connectivity index (χ0) is 62.2. The Labute approximate surface area is 547 Å². The number of para-hydroxylation sites is 3. The Bertz CT molecular complexity index is 4950. The first kappa shape index (κ1) is 56.7. The summed E-state index contributed by atoms with van der Waals surface area (Å²) in [5.41, 5.74) is 31.1. The highest BCUT2D eigenvalue weighted by atomic mass is 15.2. The monoisotopic (exact) mass is 1190 g/mol. The first-order chi connectivity index (χ1) is 45.9. The van der Waals surface area contributed by atoms with Crippen LogP contribution in [-0.2, 0) is 18.3 Å². The second-order valence-electron chi connectivity index (χ2n) is 24.9. The maximum atomic E-state index is 2.51. The summed E-state index contributed by atoms with van der Waals surface area (Å²) in [6.07, 6.45) is 1.79. The molecule has 0 radical (unpaired) electrons. The Morgan fingerprint density at radius 1 is 0.237 bits per heavy atom. The normalized spacial score (nSPS) is 12.5. The van der Waals surface area contributed by atoms with Gasteiger partial charge in [0.05, 0.1) is 5.41 Å². The number of benzene rings is 14. The summed E-state index contributed by atoms with van der Waals surface area (Å²) in [5, 5.41) is 0. The van der Waals surface area contributed by atoms with Gasteiger partial charge in [-0.1, -0.05) is 243 Å². The fourth-order valence-corrected chi connectivity index (χ4v) is 15.0. The van der Waals surface area contributed by atoms with Gasteiger partial charge in [-0.2, -0.15) is 0 Å². The molecule has 1 spiro atoms. The third-order valence-electron chi connectivity index (χ3n) is 19.1. The molecule has 0 N–H and O–H groups in total. The number of hydrogen-bond acceptors (Lipinski definition) is 3. The Morgan fingerprint density at radius 2 is 0.570 bits per heavy atom. The maximum absolute atomic E-state index is 2.51. The van der Waals surface area contributed by atoms with Gasteiger partial charge >= 0.3 is 0 Å². The second kappa shape index (κ2) is 24.4. The number of hydrogen-bond donors (Lipinski definition) is 0. The zero-order valence-electron chi connectivity index (χ0n) is 52.3. The van der Waals surface area contributed by atoms with Crippen molar-refractivity contribution in [2.75, 3.05) is 14.7 Å². The Kier molecular flexibility index (Phi) is 14.8. The van der Waals surface area contributed by atoms with E-state index in [0.717, 1.165) is 64.0 Å². The lowest BCUT2D eigenvalue weighted by molar-refractivity contribution is 0.793. The molecule has 1 unspecified atom stereocenters. The van der Waals surface area contributed by atoms with E-state index in [1.54, 1.807) is 0 Å². The topological polar surface area (TPSA) is 9.72 Å². The minimum atomic E-state index is -0.581. The molecule has 3 heteroatoms. The van der Waals surface area contributed by atoms with Crippen molar-refractivity contribution < 1.29 is 0 Å². The van der Waals surface area contributed by atoms with Gasteiger partial charge in [0.1, 0.15) is 0 Å². The predicted octanol–water partition coefficient (Wildman–Crippen LogP) is 23.7. The molecule has 0 aromatic heterocycles. The third-order valence-corrected chi connectivity index (χ3v) is 19.1. The molecule has 0 saturated heterocycles. The average Bonchev–Trinajstić information content (AvgIpc) is 1.51. The number of fused-ring (bicyclic) bond motifs is 10. The molecule has 14 aromatic carbocycles. The minimum absolute atomic E-state index is 0.0641. The summed E-state index contributed by atoms with van der Waals surface area (Å²) >= 11 is 0. The Hall–Kier alpha value is -11.5. The van der Waals surface area contributed by atoms with E-state index in [0.29, 0.717) is 0 Å². The fraction of sp³-hybridized carbons (Fsp3) is 0.0667. The van der Waals surface area contributed by atoms with Crippen molar-refractivity contribution >= 4 is 51.2 Å². The van der Waals surface area contributed by atoms with Crippen LogP contribution in [0.3, 0.4) is 0 Å². The standard InChI is InChI=1S/C90H69N3/c1-63-23-19-36-76(57-63)91(72-30-9-4-10-31-72)75-51-49-68(50-52-75)67-45-47-70(48-46-67)89(69-27-7-3-8-28-69)71-29-21-25-65(59-71)43-44-66-26-22-38-78(60-66)93(74-34-13-6-14-35-74)80-54-56-84-83-55-53-79(92(73-32-11-5-12-33-73)77-37-20-24-64(2)58-77)61-87(83)90(88(84)62-80)85-41-17-15-39-81(85)82-40-16-18-42-86(82)90/h3-42,45-62,89H,43-44H2,1-2H3. The summed E-state index contributed by atoms with van der Waals surface area (Å²) in [6.45, 7) is 4.33. The fourth-order valence-electron chi connectivity index (χ4n) is 15.0. The molecule has 1 atom stereocenters. The molecular weight excluding hydrogens is 1120 g/mol. The average molecular weight is 1190 g/mol. The van der Waals surface area contributed by atoms with Crippen molar-refractivity contribution in [2.45, 2.75) is 38.0 Å². The highest BCUT2D eigenvalue weighted by Gasteiger charge is 2.52. The van der Waals surface area contributed by atoms with Gasteiger partial charge in [0.25, 0.3) is 0 Å². The quantitative estimate of drug-likeness (QED) is 0.0893. The summed E-state index contributed by atoms with van der Waals surface area (Å²) in [5.74, 6) is 0.0641. The van der Waals surface area contributed by atoms with Crippen molar-refractivity contribution in [3.63, 3.8) is 0 Å². The molecule has 93 heavy (non-hydrogen) atoms. The molecule has 0 fully saturated rings. The van der Waals surface area contributed by atoms with Gasteiger partial charge < -0.3 is 14.7 Å². The summed E-state index contributed by atoms with van der Waals surface area (Å²) < 4.78 is 0. The van der Waals surface area contributed by atoms with Gasteiger partial charge in [-0.3, -0.25) is 0 Å². The summed E-state index contributed by atoms with van der Waals surface area (Å²) in [7, 11) is 0. The molecule has 0 amide bonds. The summed E-state index contributed by atoms with van der Waals surface area (Å²) in [6, 6.07) is 130. The molecule has 0 bridgehead atoms. The van der Waals surface area contributed by atoms with E-state index in [9.17, 15) is 0 Å². The molecule has 0 saturated carbocycles. The van der Waals surface area contributed by atoms with Crippen molar-refractivity contribution in [1.29, 1.82) is 0 Å². The molecule has 2 aliphatic carbocycles. The molecule has 2 aliphatic rings. The van der Waals surface area contributed by atoms with Crippen LogP contribution in [0.25, 0.3) is 33.4 Å². The number of nitrogens with zero attached hydrogens (tertiary/aromatic N) is 3. The molecule has 0 heterocycles. The van der Waals surface area contributed by atoms with Crippen LogP contribution in [0.2, 0.25) is 0 Å². The number of anilines is 9. The van der Waals surface area contributed by atoms with Crippen molar-refractivity contribution in [3.8, 4) is 33.4 Å². The van der Waals surface area contributed by atoms with E-state index >= 15 is 0 Å². The van der Waals surface area contributed by atoms with E-state index in [-0.39, 0.29) is 5.92 Å². The van der Waals surface area contributed by atoms with Crippen molar-refractivity contribution in [3.05, 3.63) is 413 Å². The van der Waals surface area contributed by atoms with E-state index in [4.69, 9.17) is 0 Å². The first-order valence-corrected chi connectivity index (χ1v) is 32.5. The van der Waals surface area contributed by atoms with Crippen LogP contribution < -0.4 is 14.7 Å². The lowest BCUT2D eigenvalue weighted by Gasteiger charge is -2.33. The lowest BCUT2D eigenvalue weighted by Crippen LogP contribution is -2.26. The Balaban J connectivity index is 0.716. The summed E-state index contributed by atoms with van der Waals surface area (Å²) in [4.78, 5) is 7.21. The van der Waals surface area contributed by atoms with Crippen LogP contribution >= 0.6 is 0 Å². The molecular formula is C90H69N3. The van der Waals surface area contributed by atoms with Gasteiger partial charge in [0, 0.05) is 57.1 Å². The van der Waals surface area contributed by atoms with Crippen LogP contribution in [0, 0.1) is 13.8 Å². The molecule has 14 aromatic rings. The largest absolute Gasteiger partial charge is 0.310 e. The minimum Gasteiger partial charge on any atom is -0.310 e. The molecule has 444 valence electrons. The van der Waals surface area contributed by atoms with Crippen LogP contribution in [0.4, 0.5) is 51.2 Å². The highest BCUT2D eigenvalue weighted by molar-refractivity contribution is 5.98. The molecule has 0 aliphatic heterocycles.